The van der Waals surface area contributed by atoms with Crippen LogP contribution in [0, 0.1) is 10.1 Å². The van der Waals surface area contributed by atoms with Gasteiger partial charge in [-0.3, -0.25) is 19.6 Å². The van der Waals surface area contributed by atoms with E-state index in [1.807, 2.05) is 6.92 Å². The summed E-state index contributed by atoms with van der Waals surface area (Å²) >= 11 is 0. The molecule has 6 nitrogen and oxygen atoms in total. The zero-order valence-electron chi connectivity index (χ0n) is 12.0. The highest BCUT2D eigenvalue weighted by molar-refractivity contribution is 6.04. The number of benzene rings is 1. The van der Waals surface area contributed by atoms with Crippen LogP contribution >= 0.6 is 0 Å². The Bertz CT molecular complexity index is 745. The number of aromatic nitrogens is 2. The van der Waals surface area contributed by atoms with Crippen LogP contribution in [0.15, 0.2) is 54.9 Å². The normalized spacial score (nSPS) is 11.3. The number of nitrogens with zero attached hydrogens (tertiary/aromatic N) is 3. The number of hydrogen-bond acceptors (Lipinski definition) is 4. The fraction of sp³-hybridized carbons (Fsp3) is 0.125. The molecule has 2 aromatic rings. The molecule has 1 aromatic heterocycles. The zero-order chi connectivity index (χ0) is 15.9. The third-order valence-corrected chi connectivity index (χ3v) is 3.01. The van der Waals surface area contributed by atoms with Gasteiger partial charge in [-0.2, -0.15) is 5.10 Å². The van der Waals surface area contributed by atoms with Gasteiger partial charge in [0.05, 0.1) is 22.2 Å². The van der Waals surface area contributed by atoms with E-state index in [0.717, 1.165) is 0 Å². The third-order valence-electron chi connectivity index (χ3n) is 3.01. The number of aryl methyl sites for hydroxylation is 1. The Kier molecular flexibility index (Phi) is 4.98. The highest BCUT2D eigenvalue weighted by atomic mass is 16.6. The minimum Gasteiger partial charge on any atom is -0.289 e. The molecular weight excluding hydrogens is 282 g/mol. The summed E-state index contributed by atoms with van der Waals surface area (Å²) in [6.45, 7) is 2.64. The number of ketones is 1. The van der Waals surface area contributed by atoms with Gasteiger partial charge in [0.1, 0.15) is 0 Å². The van der Waals surface area contributed by atoms with Crippen LogP contribution in [-0.2, 0) is 6.54 Å². The van der Waals surface area contributed by atoms with Gasteiger partial charge in [0, 0.05) is 18.8 Å². The van der Waals surface area contributed by atoms with Crippen molar-refractivity contribution in [1.29, 1.82) is 0 Å². The maximum Gasteiger partial charge on any atom is 0.276 e. The molecule has 0 amide bonds. The lowest BCUT2D eigenvalue weighted by molar-refractivity contribution is -0.385. The number of nitro benzene ring substituents is 1. The van der Waals surface area contributed by atoms with Crippen LogP contribution in [-0.4, -0.2) is 20.5 Å². The van der Waals surface area contributed by atoms with Crippen LogP contribution in [0.3, 0.4) is 0 Å². The van der Waals surface area contributed by atoms with Crippen molar-refractivity contribution in [2.75, 3.05) is 0 Å². The van der Waals surface area contributed by atoms with Gasteiger partial charge in [-0.25, -0.2) is 0 Å². The second-order valence-corrected chi connectivity index (χ2v) is 4.48. The minimum absolute atomic E-state index is 0.0303. The Labute approximate surface area is 127 Å². The Morgan fingerprint density at radius 2 is 2.14 bits per heavy atom. The first-order valence-electron chi connectivity index (χ1n) is 6.76. The van der Waals surface area contributed by atoms with Crippen LogP contribution in [0.2, 0.25) is 0 Å². The molecule has 0 aliphatic carbocycles. The fourth-order valence-electron chi connectivity index (χ4n) is 1.86. The predicted octanol–water partition coefficient (Wildman–Crippen LogP) is 3.26. The van der Waals surface area contributed by atoms with Crippen molar-refractivity contribution < 1.29 is 9.72 Å². The van der Waals surface area contributed by atoms with Gasteiger partial charge < -0.3 is 0 Å². The van der Waals surface area contributed by atoms with E-state index in [2.05, 4.69) is 5.10 Å². The van der Waals surface area contributed by atoms with E-state index in [4.69, 9.17) is 0 Å². The monoisotopic (exact) mass is 297 g/mol. The van der Waals surface area contributed by atoms with Crippen molar-refractivity contribution in [3.8, 4) is 0 Å². The summed E-state index contributed by atoms with van der Waals surface area (Å²) in [5.41, 5.74) is 1.03. The smallest absolute Gasteiger partial charge is 0.276 e. The minimum atomic E-state index is -0.437. The summed E-state index contributed by atoms with van der Waals surface area (Å²) in [6.07, 6.45) is 9.35. The van der Waals surface area contributed by atoms with Crippen LogP contribution in [0.5, 0.6) is 0 Å². The van der Waals surface area contributed by atoms with Crippen molar-refractivity contribution >= 4 is 17.5 Å². The Balaban J connectivity index is 2.06. The number of carbonyl (C=O) groups is 1. The number of nitro groups is 1. The fourth-order valence-corrected chi connectivity index (χ4v) is 1.86. The molecule has 6 heteroatoms. The third kappa shape index (κ3) is 3.76. The summed E-state index contributed by atoms with van der Waals surface area (Å²) in [7, 11) is 0. The summed E-state index contributed by atoms with van der Waals surface area (Å²) in [6, 6.07) is 6.42. The van der Waals surface area contributed by atoms with E-state index in [1.54, 1.807) is 47.3 Å². The molecule has 0 bridgehead atoms. The lowest BCUT2D eigenvalue weighted by Gasteiger charge is -1.95. The molecule has 1 aromatic carbocycles. The number of carbonyl (C=O) groups excluding carboxylic acids is 1. The van der Waals surface area contributed by atoms with Gasteiger partial charge >= 0.3 is 0 Å². The molecule has 0 aliphatic rings. The van der Waals surface area contributed by atoms with Gasteiger partial charge in [-0.1, -0.05) is 24.3 Å². The lowest BCUT2D eigenvalue weighted by atomic mass is 10.1. The maximum absolute atomic E-state index is 11.9. The summed E-state index contributed by atoms with van der Waals surface area (Å²) < 4.78 is 1.67. The largest absolute Gasteiger partial charge is 0.289 e. The summed E-state index contributed by atoms with van der Waals surface area (Å²) in [4.78, 5) is 22.3. The molecule has 22 heavy (non-hydrogen) atoms. The van der Waals surface area contributed by atoms with E-state index in [0.29, 0.717) is 17.7 Å². The van der Waals surface area contributed by atoms with Gasteiger partial charge in [-0.05, 0) is 25.1 Å². The van der Waals surface area contributed by atoms with Crippen LogP contribution in [0.1, 0.15) is 22.8 Å². The van der Waals surface area contributed by atoms with Gasteiger partial charge in [0.15, 0.2) is 5.78 Å². The first-order valence-corrected chi connectivity index (χ1v) is 6.76. The summed E-state index contributed by atoms with van der Waals surface area (Å²) in [5, 5.41) is 14.9. The first kappa shape index (κ1) is 15.4. The highest BCUT2D eigenvalue weighted by Crippen LogP contribution is 2.18. The summed E-state index contributed by atoms with van der Waals surface area (Å²) in [5.74, 6) is -0.160. The standard InChI is InChI=1S/C16H15N3O3/c1-2-18-12-14(11-17-18)16(20)10-6-4-8-13-7-3-5-9-15(13)19(21)22/h3-12H,2H2,1H3/b8-4-,10-6+. The van der Waals surface area contributed by atoms with Crippen LogP contribution in [0.25, 0.3) is 6.08 Å². The molecule has 0 aliphatic heterocycles. The second-order valence-electron chi connectivity index (χ2n) is 4.48. The SMILES string of the molecule is CCn1cc(C(=O)/C=C/C=C\c2ccccc2[N+](=O)[O-])cn1. The van der Waals surface area contributed by atoms with E-state index in [1.165, 1.54) is 18.3 Å². The number of hydrogen-bond donors (Lipinski definition) is 0. The molecule has 0 N–H and O–H groups in total. The average molecular weight is 297 g/mol. The molecule has 0 unspecified atom stereocenters. The quantitative estimate of drug-likeness (QED) is 0.269. The van der Waals surface area contributed by atoms with Crippen LogP contribution < -0.4 is 0 Å². The molecule has 112 valence electrons. The molecule has 0 saturated carbocycles. The molecule has 0 fully saturated rings. The van der Waals surface area contributed by atoms with Gasteiger partial charge in [-0.15, -0.1) is 0 Å². The van der Waals surface area contributed by atoms with Crippen molar-refractivity contribution in [2.45, 2.75) is 13.5 Å². The topological polar surface area (TPSA) is 78.0 Å². The Hall–Kier alpha value is -3.02. The van der Waals surface area contributed by atoms with Gasteiger partial charge in [0.25, 0.3) is 5.69 Å². The molecular formula is C16H15N3O3. The molecule has 0 atom stereocenters. The zero-order valence-corrected chi connectivity index (χ0v) is 12.0. The Morgan fingerprint density at radius 3 is 2.82 bits per heavy atom. The number of allylic oxidation sites excluding steroid dienone is 3. The number of rotatable bonds is 6. The molecule has 2 rings (SSSR count). The van der Waals surface area contributed by atoms with E-state index in [-0.39, 0.29) is 11.5 Å². The molecule has 0 radical (unpaired) electrons. The Morgan fingerprint density at radius 1 is 1.36 bits per heavy atom. The lowest BCUT2D eigenvalue weighted by Crippen LogP contribution is -1.94. The second kappa shape index (κ2) is 7.12. The predicted molar refractivity (Wildman–Crippen MR) is 83.5 cm³/mol. The number of para-hydroxylation sites is 1. The van der Waals surface area contributed by atoms with E-state index in [9.17, 15) is 14.9 Å². The van der Waals surface area contributed by atoms with Crippen molar-refractivity contribution in [2.24, 2.45) is 0 Å². The van der Waals surface area contributed by atoms with E-state index >= 15 is 0 Å². The first-order chi connectivity index (χ1) is 10.6. The van der Waals surface area contributed by atoms with Gasteiger partial charge in [0.2, 0.25) is 0 Å². The molecule has 1 heterocycles. The van der Waals surface area contributed by atoms with Crippen molar-refractivity contribution in [3.05, 3.63) is 76.1 Å². The molecule has 0 spiro atoms. The maximum atomic E-state index is 11.9. The molecule has 0 saturated heterocycles. The van der Waals surface area contributed by atoms with Crippen LogP contribution in [0.4, 0.5) is 5.69 Å². The van der Waals surface area contributed by atoms with Crippen molar-refractivity contribution in [3.63, 3.8) is 0 Å². The van der Waals surface area contributed by atoms with Crippen molar-refractivity contribution in [1.82, 2.24) is 9.78 Å². The highest BCUT2D eigenvalue weighted by Gasteiger charge is 2.08. The average Bonchev–Trinajstić information content (AvgIpc) is 3.00. The van der Waals surface area contributed by atoms with E-state index < -0.39 is 4.92 Å².